The second-order valence-corrected chi connectivity index (χ2v) is 2.66. The van der Waals surface area contributed by atoms with Gasteiger partial charge >= 0.3 is 0 Å². The van der Waals surface area contributed by atoms with Crippen LogP contribution in [0.4, 0.5) is 0 Å². The number of hydrogen-bond donors (Lipinski definition) is 0. The van der Waals surface area contributed by atoms with E-state index in [2.05, 4.69) is 13.0 Å². The van der Waals surface area contributed by atoms with Crippen LogP contribution in [0.5, 0.6) is 0 Å². The van der Waals surface area contributed by atoms with Crippen LogP contribution in [-0.2, 0) is 4.74 Å². The number of allylic oxidation sites excluding steroid dienone is 1. The van der Waals surface area contributed by atoms with Crippen molar-refractivity contribution in [3.05, 3.63) is 19.3 Å². The summed E-state index contributed by atoms with van der Waals surface area (Å²) in [5.41, 5.74) is 0. The minimum Gasteiger partial charge on any atom is -0.505 e. The highest BCUT2D eigenvalue weighted by atomic mass is 16.5. The van der Waals surface area contributed by atoms with E-state index < -0.39 is 0 Å². The molecule has 0 rings (SSSR count). The van der Waals surface area contributed by atoms with E-state index in [-0.39, 0.29) is 0 Å². The number of methoxy groups -OCH3 is 1. The summed E-state index contributed by atoms with van der Waals surface area (Å²) in [5, 5.41) is 0. The lowest BCUT2D eigenvalue weighted by molar-refractivity contribution is 0.336. The predicted octanol–water partition coefficient (Wildman–Crippen LogP) is 3.32. The van der Waals surface area contributed by atoms with E-state index in [1.165, 1.54) is 25.7 Å². The molecule has 0 amide bonds. The van der Waals surface area contributed by atoms with Crippen molar-refractivity contribution in [3.8, 4) is 0 Å². The van der Waals surface area contributed by atoms with Crippen molar-refractivity contribution < 1.29 is 4.74 Å². The van der Waals surface area contributed by atoms with Gasteiger partial charge in [0.15, 0.2) is 0 Å². The summed E-state index contributed by atoms with van der Waals surface area (Å²) < 4.78 is 4.78. The fourth-order valence-electron chi connectivity index (χ4n) is 0.957. The Balaban J connectivity index is 2.85. The van der Waals surface area contributed by atoms with Crippen molar-refractivity contribution in [2.75, 3.05) is 7.11 Å². The molecule has 0 N–H and O–H groups in total. The second-order valence-electron chi connectivity index (χ2n) is 2.66. The number of hydrogen-bond acceptors (Lipinski definition) is 1. The highest BCUT2D eigenvalue weighted by Crippen LogP contribution is 2.04. The van der Waals surface area contributed by atoms with Crippen LogP contribution in [0.2, 0.25) is 0 Å². The van der Waals surface area contributed by atoms with Gasteiger partial charge in [0.1, 0.15) is 0 Å². The summed E-state index contributed by atoms with van der Waals surface area (Å²) in [6, 6.07) is 0. The summed E-state index contributed by atoms with van der Waals surface area (Å²) in [7, 11) is 1.68. The zero-order chi connectivity index (χ0) is 8.36. The van der Waals surface area contributed by atoms with Crippen LogP contribution in [0.25, 0.3) is 0 Å². The highest BCUT2D eigenvalue weighted by molar-refractivity contribution is 4.72. The summed E-state index contributed by atoms with van der Waals surface area (Å²) in [6.45, 7) is 3.80. The van der Waals surface area contributed by atoms with Gasteiger partial charge in [0.25, 0.3) is 0 Å². The van der Waals surface area contributed by atoms with Crippen LogP contribution >= 0.6 is 0 Å². The Kier molecular flexibility index (Phi) is 9.14. The topological polar surface area (TPSA) is 9.23 Å². The molecule has 0 atom stereocenters. The van der Waals surface area contributed by atoms with Gasteiger partial charge in [-0.2, -0.15) is 0 Å². The Morgan fingerprint density at radius 2 is 1.91 bits per heavy atom. The quantitative estimate of drug-likeness (QED) is 0.405. The SMILES string of the molecule is [CH2]CCCCCCC=COC. The smallest absolute Gasteiger partial charge is 0.0784 e. The summed E-state index contributed by atoms with van der Waals surface area (Å²) in [5.74, 6) is 0. The Bertz CT molecular complexity index is 86.9. The van der Waals surface area contributed by atoms with E-state index in [1.54, 1.807) is 13.4 Å². The van der Waals surface area contributed by atoms with Crippen molar-refractivity contribution in [3.63, 3.8) is 0 Å². The minimum absolute atomic E-state index is 1.08. The Labute approximate surface area is 70.4 Å². The first kappa shape index (κ1) is 10.5. The van der Waals surface area contributed by atoms with Gasteiger partial charge < -0.3 is 4.74 Å². The fraction of sp³-hybridized carbons (Fsp3) is 0.700. The summed E-state index contributed by atoms with van der Waals surface area (Å²) in [4.78, 5) is 0. The van der Waals surface area contributed by atoms with Crippen LogP contribution in [0.15, 0.2) is 12.3 Å². The molecule has 11 heavy (non-hydrogen) atoms. The number of rotatable bonds is 7. The second kappa shape index (κ2) is 9.54. The molecule has 0 aromatic rings. The molecule has 1 nitrogen and oxygen atoms in total. The third kappa shape index (κ3) is 9.54. The van der Waals surface area contributed by atoms with Gasteiger partial charge in [-0.05, 0) is 18.9 Å². The zero-order valence-electron chi connectivity index (χ0n) is 7.51. The van der Waals surface area contributed by atoms with E-state index in [0.717, 1.165) is 12.8 Å². The first-order chi connectivity index (χ1) is 5.41. The van der Waals surface area contributed by atoms with E-state index in [4.69, 9.17) is 4.74 Å². The molecule has 65 valence electrons. The number of ether oxygens (including phenoxy) is 1. The lowest BCUT2D eigenvalue weighted by Crippen LogP contribution is -1.76. The fourth-order valence-corrected chi connectivity index (χ4v) is 0.957. The molecule has 0 bridgehead atoms. The highest BCUT2D eigenvalue weighted by Gasteiger charge is 1.85. The molecule has 0 saturated heterocycles. The molecule has 0 fully saturated rings. The lowest BCUT2D eigenvalue weighted by atomic mass is 10.1. The predicted molar refractivity (Wildman–Crippen MR) is 49.2 cm³/mol. The average Bonchev–Trinajstić information content (AvgIpc) is 2.03. The molecule has 0 aliphatic carbocycles. The molecule has 0 unspecified atom stereocenters. The molecule has 1 heteroatoms. The minimum atomic E-state index is 1.08. The summed E-state index contributed by atoms with van der Waals surface area (Å²) >= 11 is 0. The summed E-state index contributed by atoms with van der Waals surface area (Å²) in [6.07, 6.45) is 11.2. The van der Waals surface area contributed by atoms with Gasteiger partial charge in [0, 0.05) is 0 Å². The Hall–Kier alpha value is -0.460. The Morgan fingerprint density at radius 1 is 1.18 bits per heavy atom. The molecule has 0 aliphatic heterocycles. The molecular weight excluding hydrogens is 136 g/mol. The van der Waals surface area contributed by atoms with Gasteiger partial charge in [-0.3, -0.25) is 0 Å². The molecule has 0 aromatic carbocycles. The van der Waals surface area contributed by atoms with E-state index >= 15 is 0 Å². The van der Waals surface area contributed by atoms with Gasteiger partial charge in [-0.25, -0.2) is 0 Å². The van der Waals surface area contributed by atoms with E-state index in [9.17, 15) is 0 Å². The Morgan fingerprint density at radius 3 is 2.55 bits per heavy atom. The van der Waals surface area contributed by atoms with E-state index in [0.29, 0.717) is 0 Å². The van der Waals surface area contributed by atoms with E-state index in [1.807, 2.05) is 0 Å². The zero-order valence-corrected chi connectivity index (χ0v) is 7.51. The van der Waals surface area contributed by atoms with Crippen LogP contribution in [-0.4, -0.2) is 7.11 Å². The van der Waals surface area contributed by atoms with Gasteiger partial charge in [-0.15, -0.1) is 0 Å². The third-order valence-corrected chi connectivity index (χ3v) is 1.60. The molecule has 0 saturated carbocycles. The molecule has 0 aliphatic rings. The van der Waals surface area contributed by atoms with Crippen LogP contribution in [0.1, 0.15) is 38.5 Å². The average molecular weight is 155 g/mol. The van der Waals surface area contributed by atoms with Crippen LogP contribution in [0, 0.1) is 6.92 Å². The largest absolute Gasteiger partial charge is 0.505 e. The first-order valence-corrected chi connectivity index (χ1v) is 4.39. The first-order valence-electron chi connectivity index (χ1n) is 4.39. The van der Waals surface area contributed by atoms with Crippen molar-refractivity contribution in [1.82, 2.24) is 0 Å². The molecule has 0 heterocycles. The van der Waals surface area contributed by atoms with Crippen LogP contribution < -0.4 is 0 Å². The van der Waals surface area contributed by atoms with Crippen molar-refractivity contribution in [2.24, 2.45) is 0 Å². The maximum atomic E-state index is 4.78. The maximum Gasteiger partial charge on any atom is 0.0784 e. The van der Waals surface area contributed by atoms with Crippen molar-refractivity contribution >= 4 is 0 Å². The standard InChI is InChI=1S/C10H19O/c1-3-4-5-6-7-8-9-10-11-2/h9-10H,1,3-8H2,2H3. The normalized spacial score (nSPS) is 10.7. The molecular formula is C10H19O. The lowest BCUT2D eigenvalue weighted by Gasteiger charge is -1.95. The van der Waals surface area contributed by atoms with Gasteiger partial charge in [-0.1, -0.05) is 32.6 Å². The van der Waals surface area contributed by atoms with Crippen molar-refractivity contribution in [1.29, 1.82) is 0 Å². The monoisotopic (exact) mass is 155 g/mol. The van der Waals surface area contributed by atoms with Crippen molar-refractivity contribution in [2.45, 2.75) is 38.5 Å². The third-order valence-electron chi connectivity index (χ3n) is 1.60. The number of unbranched alkanes of at least 4 members (excludes halogenated alkanes) is 5. The molecule has 0 aromatic heterocycles. The molecule has 0 spiro atoms. The van der Waals surface area contributed by atoms with Crippen LogP contribution in [0.3, 0.4) is 0 Å². The maximum absolute atomic E-state index is 4.78. The molecule has 1 radical (unpaired) electrons. The van der Waals surface area contributed by atoms with Gasteiger partial charge in [0.2, 0.25) is 0 Å². The van der Waals surface area contributed by atoms with Gasteiger partial charge in [0.05, 0.1) is 13.4 Å².